The normalized spacial score (nSPS) is 13.7. The van der Waals surface area contributed by atoms with Crippen molar-refractivity contribution in [3.8, 4) is 5.75 Å². The highest BCUT2D eigenvalue weighted by molar-refractivity contribution is 7.89. The second-order valence-electron chi connectivity index (χ2n) is 6.56. The van der Waals surface area contributed by atoms with Gasteiger partial charge in [-0.25, -0.2) is 17.5 Å². The number of hydrogen-bond donors (Lipinski definition) is 1. The molecular weight excluding hydrogens is 393 g/mol. The molecular formula is C19H19ClFNO4S. The molecule has 8 heteroatoms. The molecule has 0 fully saturated rings. The maximum atomic E-state index is 14.2. The van der Waals surface area contributed by atoms with Crippen molar-refractivity contribution in [1.82, 2.24) is 4.72 Å². The van der Waals surface area contributed by atoms with Crippen LogP contribution in [0, 0.1) is 5.82 Å². The van der Waals surface area contributed by atoms with Gasteiger partial charge in [-0.3, -0.25) is 4.79 Å². The Bertz CT molecular complexity index is 991. The van der Waals surface area contributed by atoms with Gasteiger partial charge in [0.1, 0.15) is 18.2 Å². The lowest BCUT2D eigenvalue weighted by Gasteiger charge is -2.17. The predicted octanol–water partition coefficient (Wildman–Crippen LogP) is 3.63. The topological polar surface area (TPSA) is 72.5 Å². The molecule has 0 bridgehead atoms. The van der Waals surface area contributed by atoms with Crippen LogP contribution in [0.2, 0.25) is 5.02 Å². The van der Waals surface area contributed by atoms with Crippen LogP contribution in [-0.2, 0) is 29.5 Å². The molecule has 0 spiro atoms. The summed E-state index contributed by atoms with van der Waals surface area (Å²) in [6.07, 6.45) is 5.32. The number of sulfonamides is 1. The van der Waals surface area contributed by atoms with Gasteiger partial charge in [-0.05, 0) is 48.4 Å². The van der Waals surface area contributed by atoms with E-state index in [4.69, 9.17) is 16.3 Å². The quantitative estimate of drug-likeness (QED) is 0.815. The second-order valence-corrected chi connectivity index (χ2v) is 8.72. The van der Waals surface area contributed by atoms with Crippen molar-refractivity contribution in [3.05, 3.63) is 63.4 Å². The lowest BCUT2D eigenvalue weighted by molar-refractivity contribution is 0.0977. The Hall–Kier alpha value is -2.12. The fraction of sp³-hybridized carbons (Fsp3) is 0.316. The standard InChI is InChI=1S/C19H19ClFNO4S/c1-27(24,25)22-19(23)15-9-16(20)18(10-17(15)21)26-11-12-6-7-13-4-2-3-5-14(13)8-12/h6-10H,2-5,11H2,1H3,(H,22,23). The summed E-state index contributed by atoms with van der Waals surface area (Å²) in [6, 6.07) is 8.19. The first-order chi connectivity index (χ1) is 12.7. The number of nitrogens with one attached hydrogen (secondary N) is 1. The van der Waals surface area contributed by atoms with E-state index in [0.29, 0.717) is 0 Å². The van der Waals surface area contributed by atoms with Crippen molar-refractivity contribution < 1.29 is 22.3 Å². The summed E-state index contributed by atoms with van der Waals surface area (Å²) >= 11 is 6.08. The fourth-order valence-corrected chi connectivity index (χ4v) is 3.74. The molecule has 2 aromatic carbocycles. The molecule has 1 N–H and O–H groups in total. The Labute approximate surface area is 162 Å². The van der Waals surface area contributed by atoms with Gasteiger partial charge >= 0.3 is 0 Å². The molecule has 1 aliphatic rings. The van der Waals surface area contributed by atoms with Crippen LogP contribution in [0.25, 0.3) is 0 Å². The summed E-state index contributed by atoms with van der Waals surface area (Å²) in [7, 11) is -3.81. The second kappa shape index (κ2) is 7.86. The number of benzene rings is 2. The Morgan fingerprint density at radius 1 is 1.19 bits per heavy atom. The third-order valence-corrected chi connectivity index (χ3v) is 5.20. The molecule has 144 valence electrons. The molecule has 1 amide bonds. The van der Waals surface area contributed by atoms with Crippen LogP contribution in [0.3, 0.4) is 0 Å². The van der Waals surface area contributed by atoms with Crippen molar-refractivity contribution in [2.75, 3.05) is 6.26 Å². The molecule has 27 heavy (non-hydrogen) atoms. The zero-order valence-corrected chi connectivity index (χ0v) is 16.3. The number of hydrogen-bond acceptors (Lipinski definition) is 4. The van der Waals surface area contributed by atoms with E-state index in [9.17, 15) is 17.6 Å². The SMILES string of the molecule is CS(=O)(=O)NC(=O)c1cc(Cl)c(OCc2ccc3c(c2)CCCC3)cc1F. The molecule has 0 atom stereocenters. The highest BCUT2D eigenvalue weighted by Crippen LogP contribution is 2.29. The van der Waals surface area contributed by atoms with E-state index >= 15 is 0 Å². The minimum absolute atomic E-state index is 0.0213. The summed E-state index contributed by atoms with van der Waals surface area (Å²) in [4.78, 5) is 11.8. The number of rotatable bonds is 5. The molecule has 2 aromatic rings. The fourth-order valence-electron chi connectivity index (χ4n) is 3.07. The summed E-state index contributed by atoms with van der Waals surface area (Å²) in [6.45, 7) is 0.210. The van der Waals surface area contributed by atoms with Gasteiger partial charge in [0, 0.05) is 6.07 Å². The van der Waals surface area contributed by atoms with Gasteiger partial charge in [-0.2, -0.15) is 0 Å². The summed E-state index contributed by atoms with van der Waals surface area (Å²) < 4.78 is 43.8. The Balaban J connectivity index is 1.74. The Morgan fingerprint density at radius 3 is 2.59 bits per heavy atom. The first kappa shape index (κ1) is 19.6. The first-order valence-electron chi connectivity index (χ1n) is 8.47. The molecule has 5 nitrogen and oxygen atoms in total. The molecule has 3 rings (SSSR count). The minimum atomic E-state index is -3.81. The van der Waals surface area contributed by atoms with Crippen LogP contribution < -0.4 is 9.46 Å². The molecule has 0 saturated heterocycles. The lowest BCUT2D eigenvalue weighted by Crippen LogP contribution is -2.30. The van der Waals surface area contributed by atoms with E-state index in [1.807, 2.05) is 6.07 Å². The van der Waals surface area contributed by atoms with E-state index in [0.717, 1.165) is 36.8 Å². The first-order valence-corrected chi connectivity index (χ1v) is 10.7. The van der Waals surface area contributed by atoms with Gasteiger partial charge in [0.15, 0.2) is 0 Å². The maximum absolute atomic E-state index is 14.2. The molecule has 0 heterocycles. The lowest BCUT2D eigenvalue weighted by atomic mass is 9.90. The number of ether oxygens (including phenoxy) is 1. The molecule has 1 aliphatic carbocycles. The van der Waals surface area contributed by atoms with Crippen molar-refractivity contribution in [1.29, 1.82) is 0 Å². The number of aryl methyl sites for hydroxylation is 2. The van der Waals surface area contributed by atoms with Crippen LogP contribution in [0.4, 0.5) is 4.39 Å². The van der Waals surface area contributed by atoms with Gasteiger partial charge in [-0.15, -0.1) is 0 Å². The van der Waals surface area contributed by atoms with E-state index in [-0.39, 0.29) is 17.4 Å². The average molecular weight is 412 g/mol. The highest BCUT2D eigenvalue weighted by Gasteiger charge is 2.19. The predicted molar refractivity (Wildman–Crippen MR) is 101 cm³/mol. The van der Waals surface area contributed by atoms with Crippen LogP contribution >= 0.6 is 11.6 Å². The van der Waals surface area contributed by atoms with Crippen LogP contribution in [0.15, 0.2) is 30.3 Å². The number of halogens is 2. The van der Waals surface area contributed by atoms with Gasteiger partial charge in [0.2, 0.25) is 10.0 Å². The van der Waals surface area contributed by atoms with Crippen LogP contribution in [0.5, 0.6) is 5.75 Å². The van der Waals surface area contributed by atoms with Crippen LogP contribution in [0.1, 0.15) is 39.9 Å². The smallest absolute Gasteiger partial charge is 0.267 e. The maximum Gasteiger partial charge on any atom is 0.267 e. The van der Waals surface area contributed by atoms with Crippen molar-refractivity contribution in [2.24, 2.45) is 0 Å². The third-order valence-electron chi connectivity index (χ3n) is 4.35. The number of carbonyl (C=O) groups is 1. The highest BCUT2D eigenvalue weighted by atomic mass is 35.5. The van der Waals surface area contributed by atoms with Gasteiger partial charge in [0.05, 0.1) is 16.8 Å². The van der Waals surface area contributed by atoms with Crippen LogP contribution in [-0.4, -0.2) is 20.6 Å². The molecule has 0 aliphatic heterocycles. The molecule has 0 aromatic heterocycles. The van der Waals surface area contributed by atoms with Crippen molar-refractivity contribution in [2.45, 2.75) is 32.3 Å². The van der Waals surface area contributed by atoms with E-state index < -0.39 is 27.3 Å². The van der Waals surface area contributed by atoms with E-state index in [1.165, 1.54) is 24.0 Å². The summed E-state index contributed by atoms with van der Waals surface area (Å²) in [5.74, 6) is -1.91. The number of carbonyl (C=O) groups excluding carboxylic acids is 1. The molecule has 0 radical (unpaired) electrons. The number of amides is 1. The van der Waals surface area contributed by atoms with Gasteiger partial charge in [0.25, 0.3) is 5.91 Å². The zero-order chi connectivity index (χ0) is 19.6. The average Bonchev–Trinajstić information content (AvgIpc) is 2.60. The summed E-state index contributed by atoms with van der Waals surface area (Å²) in [5, 5.41) is 0.0213. The Kier molecular flexibility index (Phi) is 5.72. The zero-order valence-electron chi connectivity index (χ0n) is 14.7. The monoisotopic (exact) mass is 411 g/mol. The Morgan fingerprint density at radius 2 is 1.89 bits per heavy atom. The minimum Gasteiger partial charge on any atom is -0.487 e. The van der Waals surface area contributed by atoms with Crippen molar-refractivity contribution in [3.63, 3.8) is 0 Å². The summed E-state index contributed by atoms with van der Waals surface area (Å²) in [5.41, 5.74) is 3.15. The largest absolute Gasteiger partial charge is 0.487 e. The molecule has 0 unspecified atom stereocenters. The van der Waals surface area contributed by atoms with Gasteiger partial charge < -0.3 is 4.74 Å². The molecule has 0 saturated carbocycles. The van der Waals surface area contributed by atoms with Gasteiger partial charge in [-0.1, -0.05) is 29.8 Å². The number of fused-ring (bicyclic) bond motifs is 1. The van der Waals surface area contributed by atoms with Crippen molar-refractivity contribution >= 4 is 27.5 Å². The van der Waals surface area contributed by atoms with E-state index in [2.05, 4.69) is 12.1 Å². The third kappa shape index (κ3) is 4.99. The van der Waals surface area contributed by atoms with E-state index in [1.54, 1.807) is 4.72 Å².